The fraction of sp³-hybridized carbons (Fsp3) is 0.400. The lowest BCUT2D eigenvalue weighted by Gasteiger charge is -2.45. The number of rotatable bonds is 13. The van der Waals surface area contributed by atoms with Crippen molar-refractivity contribution in [2.24, 2.45) is 18.9 Å². The number of ether oxygens (including phenoxy) is 2. The zero-order chi connectivity index (χ0) is 46.3. The molecule has 15 heteroatoms. The molecule has 0 spiro atoms. The number of benzene rings is 3. The van der Waals surface area contributed by atoms with Crippen LogP contribution in [0.3, 0.4) is 0 Å². The van der Waals surface area contributed by atoms with E-state index in [0.29, 0.717) is 66.0 Å². The Morgan fingerprint density at radius 3 is 2.32 bits per heavy atom. The Morgan fingerprint density at radius 2 is 1.62 bits per heavy atom. The Labute approximate surface area is 391 Å². The smallest absolute Gasteiger partial charge is 0.226 e. The molecule has 0 aliphatic carbocycles. The number of piperidine rings is 1. The van der Waals surface area contributed by atoms with Crippen LogP contribution >= 0.6 is 23.2 Å². The summed E-state index contributed by atoms with van der Waals surface area (Å²) in [4.78, 5) is 73.3. The van der Waals surface area contributed by atoms with Gasteiger partial charge in [0.05, 0.1) is 60.0 Å². The quantitative estimate of drug-likeness (QED) is 0.127. The van der Waals surface area contributed by atoms with E-state index >= 15 is 0 Å². The van der Waals surface area contributed by atoms with E-state index in [2.05, 4.69) is 24.8 Å². The van der Waals surface area contributed by atoms with Crippen LogP contribution in [0.25, 0.3) is 11.3 Å². The number of methoxy groups -OCH3 is 1. The zero-order valence-electron chi connectivity index (χ0n) is 37.6. The summed E-state index contributed by atoms with van der Waals surface area (Å²) in [6.07, 6.45) is 4.92. The van der Waals surface area contributed by atoms with Gasteiger partial charge in [0.2, 0.25) is 17.7 Å². The van der Waals surface area contributed by atoms with E-state index < -0.39 is 29.3 Å². The molecule has 65 heavy (non-hydrogen) atoms. The van der Waals surface area contributed by atoms with Gasteiger partial charge in [-0.05, 0) is 94.2 Å². The molecule has 0 radical (unpaired) electrons. The van der Waals surface area contributed by atoms with Crippen LogP contribution in [-0.4, -0.2) is 105 Å². The minimum atomic E-state index is -1.02. The summed E-state index contributed by atoms with van der Waals surface area (Å²) in [6, 6.07) is 25.2. The molecule has 2 bridgehead atoms. The van der Waals surface area contributed by atoms with E-state index in [4.69, 9.17) is 32.7 Å². The molecule has 3 amide bonds. The number of aromatic nitrogens is 3. The van der Waals surface area contributed by atoms with Gasteiger partial charge in [-0.3, -0.25) is 24.2 Å². The van der Waals surface area contributed by atoms with E-state index in [-0.39, 0.29) is 50.1 Å². The number of hydrogen-bond donors (Lipinski definition) is 1. The number of imidazole rings is 1. The second-order valence-electron chi connectivity index (χ2n) is 17.6. The first-order valence-electron chi connectivity index (χ1n) is 22.0. The molecule has 4 atom stereocenters. The Morgan fingerprint density at radius 1 is 0.877 bits per heavy atom. The van der Waals surface area contributed by atoms with Gasteiger partial charge >= 0.3 is 0 Å². The average molecular weight is 923 g/mol. The first-order chi connectivity index (χ1) is 31.2. The lowest BCUT2D eigenvalue weighted by atomic mass is 9.81. The molecule has 0 saturated carbocycles. The van der Waals surface area contributed by atoms with Crippen LogP contribution in [0.15, 0.2) is 97.3 Å². The third-order valence-electron chi connectivity index (χ3n) is 12.4. The number of halogens is 2. The summed E-state index contributed by atoms with van der Waals surface area (Å²) in [6.45, 7) is 2.88. The molecule has 2 aromatic heterocycles. The first-order valence-corrected chi connectivity index (χ1v) is 22.7. The molecule has 0 unspecified atom stereocenters. The summed E-state index contributed by atoms with van der Waals surface area (Å²) in [7, 11) is 7.47. The van der Waals surface area contributed by atoms with Gasteiger partial charge in [-0.15, -0.1) is 0 Å². The monoisotopic (exact) mass is 921 g/mol. The van der Waals surface area contributed by atoms with Gasteiger partial charge in [0.25, 0.3) is 0 Å². The summed E-state index contributed by atoms with van der Waals surface area (Å²) < 4.78 is 14.0. The standard InChI is InChI=1S/C50H57Cl2N7O6/c1-33-44(60)23-38(31-64-5)48(62)55-50(26-35-12-16-39(51)17-13-35)20-9-21-58(32-50)49(63)37(22-34-10-7-6-8-11-34)24-47(61)59(33)29-42-45(25-40(52)27-53-42)65-41-18-14-36(15-19-41)43-28-54-46(57(43)4)30-56(2)3/h6-8,10-19,25,27-28,33,37-38H,9,20-24,26,29-32H2,1-5H3,(H,55,62)/t33-,37+,38-,50+/m0/s1. The predicted octanol–water partition coefficient (Wildman–Crippen LogP) is 7.56. The van der Waals surface area contributed by atoms with Crippen LogP contribution in [0.1, 0.15) is 55.3 Å². The lowest BCUT2D eigenvalue weighted by molar-refractivity contribution is -0.147. The molecule has 342 valence electrons. The summed E-state index contributed by atoms with van der Waals surface area (Å²) >= 11 is 12.7. The predicted molar refractivity (Wildman–Crippen MR) is 250 cm³/mol. The van der Waals surface area contributed by atoms with Crippen LogP contribution in [-0.2, 0) is 56.9 Å². The van der Waals surface area contributed by atoms with E-state index in [1.165, 1.54) is 18.2 Å². The van der Waals surface area contributed by atoms with E-state index in [1.54, 1.807) is 17.9 Å². The van der Waals surface area contributed by atoms with Crippen molar-refractivity contribution >= 4 is 46.7 Å². The third-order valence-corrected chi connectivity index (χ3v) is 12.9. The van der Waals surface area contributed by atoms with Gasteiger partial charge in [-0.2, -0.15) is 0 Å². The highest BCUT2D eigenvalue weighted by Crippen LogP contribution is 2.33. The molecule has 2 fully saturated rings. The zero-order valence-corrected chi connectivity index (χ0v) is 39.1. The largest absolute Gasteiger partial charge is 0.455 e. The highest BCUT2D eigenvalue weighted by molar-refractivity contribution is 6.30. The van der Waals surface area contributed by atoms with Crippen LogP contribution in [0, 0.1) is 11.8 Å². The number of carbonyl (C=O) groups is 4. The first kappa shape index (κ1) is 47.4. The van der Waals surface area contributed by atoms with Gasteiger partial charge in [0.1, 0.15) is 17.3 Å². The Balaban J connectivity index is 1.21. The van der Waals surface area contributed by atoms with E-state index in [1.807, 2.05) is 106 Å². The molecule has 1 N–H and O–H groups in total. The number of hydrogen-bond acceptors (Lipinski definition) is 9. The number of fused-ring (bicyclic) bond motifs is 2. The van der Waals surface area contributed by atoms with Crippen molar-refractivity contribution in [1.29, 1.82) is 0 Å². The minimum absolute atomic E-state index is 0.0234. The molecule has 2 aliphatic rings. The third kappa shape index (κ3) is 11.8. The number of nitrogens with one attached hydrogen (secondary N) is 1. The minimum Gasteiger partial charge on any atom is -0.455 e. The maximum atomic E-state index is 14.9. The van der Waals surface area contributed by atoms with Gasteiger partial charge < -0.3 is 34.1 Å². The van der Waals surface area contributed by atoms with Crippen molar-refractivity contribution in [1.82, 2.24) is 34.6 Å². The summed E-state index contributed by atoms with van der Waals surface area (Å²) in [5.41, 5.74) is 3.25. The topological polar surface area (TPSA) is 139 Å². The van der Waals surface area contributed by atoms with Gasteiger partial charge in [0, 0.05) is 62.9 Å². The number of Topliss-reactive ketones (excluding diaryl/α,β-unsaturated/α-hetero) is 1. The van der Waals surface area contributed by atoms with Crippen molar-refractivity contribution in [2.75, 3.05) is 40.9 Å². The van der Waals surface area contributed by atoms with Gasteiger partial charge in [-0.25, -0.2) is 4.98 Å². The number of amides is 3. The maximum absolute atomic E-state index is 14.9. The van der Waals surface area contributed by atoms with E-state index in [9.17, 15) is 19.2 Å². The SMILES string of the molecule is COC[C@@H]1CC(=O)[C@H](C)N(Cc2ncc(Cl)cc2Oc2ccc(-c3cnc(CN(C)C)n3C)cc2)C(=O)C[C@@H](Cc2ccccc2)C(=O)N2CCC[C@@](Cc3ccc(Cl)cc3)(C2)NC1=O. The molecule has 2 saturated heterocycles. The van der Waals surface area contributed by atoms with Crippen molar-refractivity contribution in [3.8, 4) is 22.8 Å². The number of carbonyl (C=O) groups excluding carboxylic acids is 4. The second kappa shape index (κ2) is 21.1. The van der Waals surface area contributed by atoms with Gasteiger partial charge in [-0.1, -0.05) is 65.7 Å². The lowest BCUT2D eigenvalue weighted by Crippen LogP contribution is -2.63. The van der Waals surface area contributed by atoms with Crippen molar-refractivity contribution < 1.29 is 28.7 Å². The molecular formula is C50H57Cl2N7O6. The highest BCUT2D eigenvalue weighted by Gasteiger charge is 2.43. The van der Waals surface area contributed by atoms with Crippen LogP contribution in [0.4, 0.5) is 0 Å². The molecular weight excluding hydrogens is 865 g/mol. The summed E-state index contributed by atoms with van der Waals surface area (Å²) in [5, 5.41) is 4.24. The van der Waals surface area contributed by atoms with Crippen LogP contribution in [0.2, 0.25) is 10.0 Å². The second-order valence-corrected chi connectivity index (χ2v) is 18.5. The fourth-order valence-electron chi connectivity index (χ4n) is 8.94. The Kier molecular flexibility index (Phi) is 15.4. The molecule has 7 rings (SSSR count). The molecule has 13 nitrogen and oxygen atoms in total. The molecule has 3 aromatic carbocycles. The highest BCUT2D eigenvalue weighted by atomic mass is 35.5. The fourth-order valence-corrected chi connectivity index (χ4v) is 9.21. The average Bonchev–Trinajstić information content (AvgIpc) is 3.64. The Bertz CT molecular complexity index is 2460. The van der Waals surface area contributed by atoms with Crippen LogP contribution < -0.4 is 10.1 Å². The normalized spacial score (nSPS) is 21.1. The number of ketones is 1. The Hall–Kier alpha value is -5.60. The number of nitrogens with zero attached hydrogens (tertiary/aromatic N) is 6. The van der Waals surface area contributed by atoms with E-state index in [0.717, 1.165) is 28.2 Å². The van der Waals surface area contributed by atoms with Crippen molar-refractivity contribution in [3.63, 3.8) is 0 Å². The van der Waals surface area contributed by atoms with Crippen LogP contribution in [0.5, 0.6) is 11.5 Å². The van der Waals surface area contributed by atoms with Crippen molar-refractivity contribution in [3.05, 3.63) is 130 Å². The number of pyridine rings is 1. The maximum Gasteiger partial charge on any atom is 0.226 e. The molecule has 2 aliphatic heterocycles. The van der Waals surface area contributed by atoms with Crippen molar-refractivity contribution in [2.45, 2.75) is 70.1 Å². The summed E-state index contributed by atoms with van der Waals surface area (Å²) in [5.74, 6) is -1.21. The molecule has 4 heterocycles. The van der Waals surface area contributed by atoms with Gasteiger partial charge in [0.15, 0.2) is 11.5 Å². The molecule has 5 aromatic rings.